The number of carbonyl (C=O) groups excluding carboxylic acids is 1. The number of hydrogen-bond acceptors (Lipinski definition) is 4. The molecule has 0 saturated heterocycles. The van der Waals surface area contributed by atoms with E-state index >= 15 is 0 Å². The lowest BCUT2D eigenvalue weighted by molar-refractivity contribution is 0.0957. The molecule has 0 bridgehead atoms. The zero-order valence-corrected chi connectivity index (χ0v) is 14.3. The molecule has 2 aromatic carbocycles. The molecule has 1 aromatic heterocycles. The maximum Gasteiger partial charge on any atom is 0.271 e. The summed E-state index contributed by atoms with van der Waals surface area (Å²) in [6, 6.07) is 22.1. The molecule has 5 heteroatoms. The van der Waals surface area contributed by atoms with Crippen LogP contribution in [0.3, 0.4) is 0 Å². The highest BCUT2D eigenvalue weighted by atomic mass is 16.1. The number of benzene rings is 2. The molecule has 0 saturated carbocycles. The molecule has 1 amide bonds. The average Bonchev–Trinajstić information content (AvgIpc) is 2.68. The van der Waals surface area contributed by atoms with Gasteiger partial charge in [0.2, 0.25) is 0 Å². The fraction of sp³-hybridized carbons (Fsp3) is 0.150. The normalized spacial score (nSPS) is 10.3. The van der Waals surface area contributed by atoms with Crippen LogP contribution in [0.25, 0.3) is 11.1 Å². The molecule has 3 aromatic rings. The predicted molar refractivity (Wildman–Crippen MR) is 99.4 cm³/mol. The van der Waals surface area contributed by atoms with Crippen LogP contribution in [-0.4, -0.2) is 30.2 Å². The second-order valence-corrected chi connectivity index (χ2v) is 5.74. The standard InChI is InChI=1S/C20H20N4O/c1-21-20(25)18-12-13-19(23-22-18)24(2)14-16-10-6-7-11-17(16)15-8-4-3-5-9-15/h3-13H,14H2,1-2H3,(H,21,25). The number of anilines is 1. The Labute approximate surface area is 147 Å². The number of nitrogens with one attached hydrogen (secondary N) is 1. The Morgan fingerprint density at radius 1 is 0.960 bits per heavy atom. The van der Waals surface area contributed by atoms with Crippen LogP contribution in [0.2, 0.25) is 0 Å². The molecule has 3 rings (SSSR count). The van der Waals surface area contributed by atoms with E-state index in [4.69, 9.17) is 0 Å². The predicted octanol–water partition coefficient (Wildman–Crippen LogP) is 3.14. The van der Waals surface area contributed by atoms with Crippen LogP contribution in [-0.2, 0) is 6.54 Å². The van der Waals surface area contributed by atoms with Crippen molar-refractivity contribution in [1.29, 1.82) is 0 Å². The highest BCUT2D eigenvalue weighted by Gasteiger charge is 2.11. The molecule has 0 spiro atoms. The quantitative estimate of drug-likeness (QED) is 0.780. The first kappa shape index (κ1) is 16.6. The fourth-order valence-corrected chi connectivity index (χ4v) is 2.67. The van der Waals surface area contributed by atoms with E-state index in [0.717, 1.165) is 5.82 Å². The van der Waals surface area contributed by atoms with Crippen LogP contribution in [0.5, 0.6) is 0 Å². The first-order valence-corrected chi connectivity index (χ1v) is 8.09. The number of carbonyl (C=O) groups is 1. The number of rotatable bonds is 5. The molecule has 0 fully saturated rings. The summed E-state index contributed by atoms with van der Waals surface area (Å²) >= 11 is 0. The van der Waals surface area contributed by atoms with Gasteiger partial charge in [-0.3, -0.25) is 4.79 Å². The summed E-state index contributed by atoms with van der Waals surface area (Å²) in [5.74, 6) is 0.478. The van der Waals surface area contributed by atoms with Crippen molar-refractivity contribution in [3.8, 4) is 11.1 Å². The summed E-state index contributed by atoms with van der Waals surface area (Å²) in [6.07, 6.45) is 0. The van der Waals surface area contributed by atoms with E-state index in [2.05, 4.69) is 39.8 Å². The van der Waals surface area contributed by atoms with Gasteiger partial charge in [0.1, 0.15) is 0 Å². The molecule has 0 atom stereocenters. The van der Waals surface area contributed by atoms with Gasteiger partial charge in [-0.2, -0.15) is 0 Å². The minimum absolute atomic E-state index is 0.240. The van der Waals surface area contributed by atoms with Gasteiger partial charge in [0, 0.05) is 20.6 Å². The van der Waals surface area contributed by atoms with Gasteiger partial charge in [0.05, 0.1) is 0 Å². The Morgan fingerprint density at radius 3 is 2.36 bits per heavy atom. The largest absolute Gasteiger partial charge is 0.354 e. The number of aromatic nitrogens is 2. The van der Waals surface area contributed by atoms with Crippen molar-refractivity contribution in [1.82, 2.24) is 15.5 Å². The summed E-state index contributed by atoms with van der Waals surface area (Å²) in [5.41, 5.74) is 3.90. The number of nitrogens with zero attached hydrogens (tertiary/aromatic N) is 3. The van der Waals surface area contributed by atoms with Gasteiger partial charge in [-0.15, -0.1) is 10.2 Å². The van der Waals surface area contributed by atoms with E-state index in [1.807, 2.05) is 48.3 Å². The van der Waals surface area contributed by atoms with Crippen LogP contribution >= 0.6 is 0 Å². The molecule has 5 nitrogen and oxygen atoms in total. The Kier molecular flexibility index (Phi) is 5.04. The number of amides is 1. The van der Waals surface area contributed by atoms with Crippen molar-refractivity contribution in [3.05, 3.63) is 78.0 Å². The van der Waals surface area contributed by atoms with Crippen molar-refractivity contribution in [2.24, 2.45) is 0 Å². The lowest BCUT2D eigenvalue weighted by atomic mass is 9.99. The second kappa shape index (κ2) is 7.57. The van der Waals surface area contributed by atoms with Gasteiger partial charge in [-0.1, -0.05) is 54.6 Å². The van der Waals surface area contributed by atoms with Gasteiger partial charge < -0.3 is 10.2 Å². The molecule has 0 aliphatic carbocycles. The monoisotopic (exact) mass is 332 g/mol. The molecule has 25 heavy (non-hydrogen) atoms. The van der Waals surface area contributed by atoms with Gasteiger partial charge in [0.25, 0.3) is 5.91 Å². The molecule has 1 heterocycles. The third-order valence-electron chi connectivity index (χ3n) is 4.01. The number of hydrogen-bond donors (Lipinski definition) is 1. The van der Waals surface area contributed by atoms with Crippen molar-refractivity contribution in [2.75, 3.05) is 19.0 Å². The highest BCUT2D eigenvalue weighted by molar-refractivity contribution is 5.91. The summed E-state index contributed by atoms with van der Waals surface area (Å²) < 4.78 is 0. The minimum atomic E-state index is -0.240. The van der Waals surface area contributed by atoms with Gasteiger partial charge in [-0.05, 0) is 28.8 Å². The summed E-state index contributed by atoms with van der Waals surface area (Å²) in [4.78, 5) is 13.6. The zero-order chi connectivity index (χ0) is 17.6. The first-order valence-electron chi connectivity index (χ1n) is 8.09. The van der Waals surface area contributed by atoms with E-state index in [9.17, 15) is 4.79 Å². The van der Waals surface area contributed by atoms with E-state index < -0.39 is 0 Å². The van der Waals surface area contributed by atoms with Crippen molar-refractivity contribution >= 4 is 11.7 Å². The third-order valence-corrected chi connectivity index (χ3v) is 4.01. The topological polar surface area (TPSA) is 58.1 Å². The van der Waals surface area contributed by atoms with Crippen LogP contribution in [0, 0.1) is 0 Å². The fourth-order valence-electron chi connectivity index (χ4n) is 2.67. The second-order valence-electron chi connectivity index (χ2n) is 5.74. The molecular weight excluding hydrogens is 312 g/mol. The smallest absolute Gasteiger partial charge is 0.271 e. The Balaban J connectivity index is 1.82. The van der Waals surface area contributed by atoms with Crippen LogP contribution < -0.4 is 10.2 Å². The van der Waals surface area contributed by atoms with Gasteiger partial charge >= 0.3 is 0 Å². The van der Waals surface area contributed by atoms with Crippen LogP contribution in [0.1, 0.15) is 16.1 Å². The first-order chi connectivity index (χ1) is 12.2. The van der Waals surface area contributed by atoms with E-state index in [1.165, 1.54) is 16.7 Å². The molecular formula is C20H20N4O. The molecule has 0 aliphatic rings. The van der Waals surface area contributed by atoms with E-state index in [0.29, 0.717) is 12.2 Å². The summed E-state index contributed by atoms with van der Waals surface area (Å²) in [7, 11) is 3.54. The SMILES string of the molecule is CNC(=O)c1ccc(N(C)Cc2ccccc2-c2ccccc2)nn1. The van der Waals surface area contributed by atoms with Crippen LogP contribution in [0.4, 0.5) is 5.82 Å². The lowest BCUT2D eigenvalue weighted by Crippen LogP contribution is -2.22. The lowest BCUT2D eigenvalue weighted by Gasteiger charge is -2.20. The van der Waals surface area contributed by atoms with Gasteiger partial charge in [-0.25, -0.2) is 0 Å². The maximum atomic E-state index is 11.6. The average molecular weight is 332 g/mol. The molecule has 1 N–H and O–H groups in total. The van der Waals surface area contributed by atoms with E-state index in [-0.39, 0.29) is 5.91 Å². The molecule has 126 valence electrons. The van der Waals surface area contributed by atoms with Crippen molar-refractivity contribution in [3.63, 3.8) is 0 Å². The molecule has 0 aliphatic heterocycles. The van der Waals surface area contributed by atoms with Crippen molar-refractivity contribution < 1.29 is 4.79 Å². The summed E-state index contributed by atoms with van der Waals surface area (Å²) in [5, 5.41) is 10.7. The minimum Gasteiger partial charge on any atom is -0.354 e. The Bertz CT molecular complexity index is 847. The summed E-state index contributed by atoms with van der Waals surface area (Å²) in [6.45, 7) is 0.694. The Morgan fingerprint density at radius 2 is 1.68 bits per heavy atom. The van der Waals surface area contributed by atoms with Crippen LogP contribution in [0.15, 0.2) is 66.7 Å². The molecule has 0 unspecified atom stereocenters. The van der Waals surface area contributed by atoms with Crippen molar-refractivity contribution in [2.45, 2.75) is 6.54 Å². The highest BCUT2D eigenvalue weighted by Crippen LogP contribution is 2.25. The third kappa shape index (κ3) is 3.83. The van der Waals surface area contributed by atoms with Gasteiger partial charge in [0.15, 0.2) is 11.5 Å². The van der Waals surface area contributed by atoms with E-state index in [1.54, 1.807) is 13.1 Å². The Hall–Kier alpha value is -3.21. The molecule has 0 radical (unpaired) electrons. The zero-order valence-electron chi connectivity index (χ0n) is 14.3. The maximum absolute atomic E-state index is 11.6.